The van der Waals surface area contributed by atoms with Crippen LogP contribution in [0.3, 0.4) is 0 Å². The van der Waals surface area contributed by atoms with Gasteiger partial charge in [0.2, 0.25) is 0 Å². The van der Waals surface area contributed by atoms with Gasteiger partial charge in [0.15, 0.2) is 0 Å². The molecule has 1 aliphatic rings. The number of fused-ring (bicyclic) bond motifs is 3. The van der Waals surface area contributed by atoms with Gasteiger partial charge in [0.05, 0.1) is 24.4 Å². The fraction of sp³-hybridized carbons (Fsp3) is 0.389. The summed E-state index contributed by atoms with van der Waals surface area (Å²) < 4.78 is 16.0. The lowest BCUT2D eigenvalue weighted by Gasteiger charge is -2.12. The van der Waals surface area contributed by atoms with Gasteiger partial charge in [-0.25, -0.2) is 4.79 Å². The number of rotatable bonds is 8. The Hall–Kier alpha value is -4.14. The number of aromatic nitrogens is 3. The number of nitrogens with zero attached hydrogens (tertiary/aromatic N) is 3. The van der Waals surface area contributed by atoms with Gasteiger partial charge in [-0.05, 0) is 62.7 Å². The molecule has 0 aliphatic carbocycles. The van der Waals surface area contributed by atoms with Crippen molar-refractivity contribution < 1.29 is 19.4 Å². The number of carboxylic acids is 1. The van der Waals surface area contributed by atoms with Crippen LogP contribution < -0.4 is 10.1 Å². The third kappa shape index (κ3) is 6.51. The standard InChI is InChI=1S/C32H33N3O4.C4H11N/c1-21-29-26-14-8-13-24-25(15-9-19-39-28-16-7-11-22-10-3-4-12-23(22)28)31(32(36)37)35(30(24)26)17-5-6-18-38-20-27(29)33-34(21)2;1-3-5-4-2/h3-4,7-8,10-14,16H,5-6,9,15,17-20H2,1-2H3,(H,36,37);5H,3-4H2,1-2H3. The zero-order valence-electron chi connectivity index (χ0n) is 26.4. The first kappa shape index (κ1) is 31.3. The zero-order valence-corrected chi connectivity index (χ0v) is 26.4. The zero-order chi connectivity index (χ0) is 31.1. The Labute approximate surface area is 259 Å². The number of aromatic carboxylic acids is 1. The molecule has 8 nitrogen and oxygen atoms in total. The normalized spacial score (nSPS) is 13.2. The molecule has 0 spiro atoms. The van der Waals surface area contributed by atoms with Crippen LogP contribution in [-0.4, -0.2) is 51.7 Å². The first-order chi connectivity index (χ1) is 21.5. The Bertz CT molecular complexity index is 1730. The van der Waals surface area contributed by atoms with Crippen molar-refractivity contribution >= 4 is 27.6 Å². The van der Waals surface area contributed by atoms with Gasteiger partial charge in [0.25, 0.3) is 0 Å². The van der Waals surface area contributed by atoms with Gasteiger partial charge < -0.3 is 24.5 Å². The van der Waals surface area contributed by atoms with Crippen molar-refractivity contribution in [2.75, 3.05) is 26.3 Å². The molecule has 3 aromatic carbocycles. The Balaban J connectivity index is 0.000000712. The average Bonchev–Trinajstić information content (AvgIpc) is 3.49. The molecule has 0 fully saturated rings. The third-order valence-electron chi connectivity index (χ3n) is 8.30. The second-order valence-corrected chi connectivity index (χ2v) is 11.2. The predicted octanol–water partition coefficient (Wildman–Crippen LogP) is 7.14. The number of hydrogen-bond donors (Lipinski definition) is 2. The van der Waals surface area contributed by atoms with Crippen LogP contribution in [0.25, 0.3) is 32.8 Å². The van der Waals surface area contributed by atoms with Crippen LogP contribution in [-0.2, 0) is 31.4 Å². The quantitative estimate of drug-likeness (QED) is 0.185. The summed E-state index contributed by atoms with van der Waals surface area (Å²) in [5.74, 6) is -0.0380. The number of aryl methyl sites for hydroxylation is 3. The number of nitrogens with one attached hydrogen (secondary N) is 1. The van der Waals surface area contributed by atoms with Crippen molar-refractivity contribution in [3.8, 4) is 16.9 Å². The highest BCUT2D eigenvalue weighted by atomic mass is 16.5. The molecule has 6 rings (SSSR count). The highest BCUT2D eigenvalue weighted by Gasteiger charge is 2.27. The van der Waals surface area contributed by atoms with Gasteiger partial charge >= 0.3 is 5.97 Å². The highest BCUT2D eigenvalue weighted by molar-refractivity contribution is 6.04. The van der Waals surface area contributed by atoms with E-state index in [2.05, 4.69) is 56.4 Å². The molecule has 0 saturated heterocycles. The van der Waals surface area contributed by atoms with Gasteiger partial charge in [-0.2, -0.15) is 5.10 Å². The predicted molar refractivity (Wildman–Crippen MR) is 177 cm³/mol. The number of para-hydroxylation sites is 1. The molecule has 3 heterocycles. The molecule has 0 atom stereocenters. The third-order valence-corrected chi connectivity index (χ3v) is 8.30. The summed E-state index contributed by atoms with van der Waals surface area (Å²) in [5, 5.41) is 21.5. The lowest BCUT2D eigenvalue weighted by atomic mass is 9.98. The van der Waals surface area contributed by atoms with Crippen LogP contribution in [0, 0.1) is 6.92 Å². The van der Waals surface area contributed by atoms with Gasteiger partial charge in [-0.1, -0.05) is 68.4 Å². The molecule has 0 bridgehead atoms. The smallest absolute Gasteiger partial charge is 0.352 e. The van der Waals surface area contributed by atoms with E-state index in [1.54, 1.807) is 0 Å². The largest absolute Gasteiger partial charge is 0.493 e. The van der Waals surface area contributed by atoms with Crippen LogP contribution in [0.2, 0.25) is 0 Å². The van der Waals surface area contributed by atoms with Crippen molar-refractivity contribution in [1.82, 2.24) is 19.7 Å². The Morgan fingerprint density at radius 1 is 1.02 bits per heavy atom. The first-order valence-electron chi connectivity index (χ1n) is 15.7. The molecule has 232 valence electrons. The number of carboxylic acid groups (broad SMARTS) is 1. The van der Waals surface area contributed by atoms with E-state index in [-0.39, 0.29) is 0 Å². The van der Waals surface area contributed by atoms with Crippen LogP contribution in [0.5, 0.6) is 5.75 Å². The molecule has 2 N–H and O–H groups in total. The molecule has 1 aliphatic heterocycles. The van der Waals surface area contributed by atoms with E-state index in [4.69, 9.17) is 14.6 Å². The Morgan fingerprint density at radius 2 is 1.77 bits per heavy atom. The molecule has 44 heavy (non-hydrogen) atoms. The molecule has 5 aromatic rings. The summed E-state index contributed by atoms with van der Waals surface area (Å²) in [4.78, 5) is 12.8. The summed E-state index contributed by atoms with van der Waals surface area (Å²) in [6, 6.07) is 20.4. The van der Waals surface area contributed by atoms with Gasteiger partial charge in [0.1, 0.15) is 11.4 Å². The fourth-order valence-corrected chi connectivity index (χ4v) is 6.18. The summed E-state index contributed by atoms with van der Waals surface area (Å²) in [5.41, 5.74) is 6.20. The van der Waals surface area contributed by atoms with E-state index in [1.165, 1.54) is 0 Å². The SMILES string of the molecule is CCNCC.Cc1c2c(nn1C)COCCCCn1c(C(=O)O)c(CCCOc3cccc4ccccc34)c3cccc-2c31. The maximum absolute atomic E-state index is 12.8. The van der Waals surface area contributed by atoms with Crippen LogP contribution in [0.1, 0.15) is 60.5 Å². The summed E-state index contributed by atoms with van der Waals surface area (Å²) >= 11 is 0. The minimum Gasteiger partial charge on any atom is -0.493 e. The Morgan fingerprint density at radius 3 is 2.55 bits per heavy atom. The van der Waals surface area contributed by atoms with Crippen molar-refractivity contribution in [1.29, 1.82) is 0 Å². The molecule has 8 heteroatoms. The molecular formula is C36H44N4O4. The van der Waals surface area contributed by atoms with E-state index in [9.17, 15) is 9.90 Å². The lowest BCUT2D eigenvalue weighted by molar-refractivity contribution is 0.0683. The van der Waals surface area contributed by atoms with Crippen molar-refractivity contribution in [2.24, 2.45) is 7.05 Å². The van der Waals surface area contributed by atoms with Crippen LogP contribution in [0.15, 0.2) is 60.7 Å². The maximum atomic E-state index is 12.8. The van der Waals surface area contributed by atoms with Crippen molar-refractivity contribution in [3.05, 3.63) is 83.3 Å². The number of carbonyl (C=O) groups is 1. The van der Waals surface area contributed by atoms with Gasteiger partial charge in [-0.15, -0.1) is 0 Å². The average molecular weight is 597 g/mol. The Kier molecular flexibility index (Phi) is 10.4. The van der Waals surface area contributed by atoms with Crippen LogP contribution >= 0.6 is 0 Å². The number of hydrogen-bond acceptors (Lipinski definition) is 5. The van der Waals surface area contributed by atoms with Crippen molar-refractivity contribution in [3.63, 3.8) is 0 Å². The molecule has 0 amide bonds. The monoisotopic (exact) mass is 596 g/mol. The second-order valence-electron chi connectivity index (χ2n) is 11.2. The molecule has 0 saturated carbocycles. The molecule has 0 unspecified atom stereocenters. The van der Waals surface area contributed by atoms with E-state index in [0.717, 1.165) is 81.4 Å². The molecule has 2 aromatic heterocycles. The summed E-state index contributed by atoms with van der Waals surface area (Å²) in [7, 11) is 1.94. The van der Waals surface area contributed by atoms with Crippen LogP contribution in [0.4, 0.5) is 0 Å². The second kappa shape index (κ2) is 14.6. The number of benzene rings is 3. The van der Waals surface area contributed by atoms with E-state index in [1.807, 2.05) is 46.6 Å². The molecule has 0 radical (unpaired) electrons. The van der Waals surface area contributed by atoms with Crippen molar-refractivity contribution in [2.45, 2.75) is 59.6 Å². The van der Waals surface area contributed by atoms with E-state index >= 15 is 0 Å². The lowest BCUT2D eigenvalue weighted by Crippen LogP contribution is -2.12. The minimum atomic E-state index is -0.892. The molecular weight excluding hydrogens is 552 g/mol. The van der Waals surface area contributed by atoms with Gasteiger partial charge in [-0.3, -0.25) is 4.68 Å². The van der Waals surface area contributed by atoms with E-state index in [0.29, 0.717) is 44.9 Å². The minimum absolute atomic E-state index is 0.380. The topological polar surface area (TPSA) is 90.5 Å². The highest BCUT2D eigenvalue weighted by Crippen LogP contribution is 2.39. The first-order valence-corrected chi connectivity index (χ1v) is 15.7. The van der Waals surface area contributed by atoms with Gasteiger partial charge in [0, 0.05) is 47.8 Å². The fourth-order valence-electron chi connectivity index (χ4n) is 6.18. The van der Waals surface area contributed by atoms with E-state index < -0.39 is 5.97 Å². The maximum Gasteiger partial charge on any atom is 0.352 e. The summed E-state index contributed by atoms with van der Waals surface area (Å²) in [6.45, 7) is 10.6. The number of ether oxygens (including phenoxy) is 2. The summed E-state index contributed by atoms with van der Waals surface area (Å²) in [6.07, 6.45) is 3.02.